The van der Waals surface area contributed by atoms with Crippen molar-refractivity contribution in [3.8, 4) is 0 Å². The predicted molar refractivity (Wildman–Crippen MR) is 60.3 cm³/mol. The van der Waals surface area contributed by atoms with Gasteiger partial charge in [0.05, 0.1) is 5.75 Å². The van der Waals surface area contributed by atoms with Gasteiger partial charge in [-0.05, 0) is 12.8 Å². The Labute approximate surface area is 112 Å². The zero-order chi connectivity index (χ0) is 16.2. The molecule has 0 bridgehead atoms. The van der Waals surface area contributed by atoms with Gasteiger partial charge in [0.15, 0.2) is 5.92 Å². The first-order valence-electron chi connectivity index (χ1n) is 5.65. The average Bonchev–Trinajstić information content (AvgIpc) is 2.23. The van der Waals surface area contributed by atoms with Crippen LogP contribution in [0.1, 0.15) is 19.8 Å². The van der Waals surface area contributed by atoms with Gasteiger partial charge < -0.3 is 0 Å². The minimum atomic E-state index is -5.51. The summed E-state index contributed by atoms with van der Waals surface area (Å²) in [5.41, 5.74) is 1.48. The Hall–Kier alpha value is -0.550. The van der Waals surface area contributed by atoms with E-state index in [0.29, 0.717) is 0 Å². The second kappa shape index (κ2) is 6.94. The van der Waals surface area contributed by atoms with E-state index in [-0.39, 0.29) is 12.2 Å². The minimum Gasteiger partial charge on any atom is -0.271 e. The molecule has 20 heavy (non-hydrogen) atoms. The van der Waals surface area contributed by atoms with Gasteiger partial charge >= 0.3 is 12.4 Å². The number of alkyl halides is 6. The van der Waals surface area contributed by atoms with E-state index in [4.69, 9.17) is 5.84 Å². The standard InChI is InChI=1S/C9H16F6N2O2S/c1-2-20(18,19)5-3-4-6(17-16)7(8(10,11)12)9(13,14)15/h6-7,17H,2-5,16H2,1H3. The van der Waals surface area contributed by atoms with Crippen LogP contribution in [-0.4, -0.2) is 38.3 Å². The maximum atomic E-state index is 12.4. The molecule has 1 atom stereocenters. The zero-order valence-corrected chi connectivity index (χ0v) is 11.4. The number of hydrazine groups is 1. The Morgan fingerprint density at radius 1 is 1.10 bits per heavy atom. The van der Waals surface area contributed by atoms with Gasteiger partial charge in [0.2, 0.25) is 0 Å². The lowest BCUT2D eigenvalue weighted by molar-refractivity contribution is -0.292. The van der Waals surface area contributed by atoms with E-state index in [1.165, 1.54) is 12.3 Å². The van der Waals surface area contributed by atoms with Gasteiger partial charge in [0.25, 0.3) is 0 Å². The Balaban J connectivity index is 4.87. The number of hydrogen-bond donors (Lipinski definition) is 2. The Morgan fingerprint density at radius 3 is 1.85 bits per heavy atom. The van der Waals surface area contributed by atoms with Crippen LogP contribution >= 0.6 is 0 Å². The fraction of sp³-hybridized carbons (Fsp3) is 1.00. The van der Waals surface area contributed by atoms with Gasteiger partial charge in [-0.3, -0.25) is 11.3 Å². The molecule has 0 aliphatic heterocycles. The molecule has 1 unspecified atom stereocenters. The van der Waals surface area contributed by atoms with Gasteiger partial charge in [-0.15, -0.1) is 0 Å². The molecule has 0 saturated heterocycles. The highest BCUT2D eigenvalue weighted by atomic mass is 32.2. The van der Waals surface area contributed by atoms with Crippen molar-refractivity contribution in [2.24, 2.45) is 11.8 Å². The van der Waals surface area contributed by atoms with Crippen molar-refractivity contribution >= 4 is 9.84 Å². The molecule has 0 fully saturated rings. The van der Waals surface area contributed by atoms with E-state index in [9.17, 15) is 34.8 Å². The molecule has 0 heterocycles. The first kappa shape index (κ1) is 19.4. The molecule has 0 aromatic heterocycles. The minimum absolute atomic E-state index is 0.226. The second-order valence-electron chi connectivity index (χ2n) is 4.21. The van der Waals surface area contributed by atoms with Gasteiger partial charge in [-0.2, -0.15) is 26.3 Å². The highest BCUT2D eigenvalue weighted by molar-refractivity contribution is 7.91. The summed E-state index contributed by atoms with van der Waals surface area (Å²) in [6.07, 6.45) is -12.0. The van der Waals surface area contributed by atoms with Gasteiger partial charge in [0, 0.05) is 11.8 Å². The molecule has 11 heteroatoms. The Morgan fingerprint density at radius 2 is 1.55 bits per heavy atom. The molecule has 0 saturated carbocycles. The molecule has 0 radical (unpaired) electrons. The van der Waals surface area contributed by atoms with Crippen LogP contribution < -0.4 is 11.3 Å². The number of rotatable bonds is 7. The van der Waals surface area contributed by atoms with Crippen LogP contribution in [0.3, 0.4) is 0 Å². The lowest BCUT2D eigenvalue weighted by Gasteiger charge is -2.30. The molecular formula is C9H16F6N2O2S. The smallest absolute Gasteiger partial charge is 0.271 e. The quantitative estimate of drug-likeness (QED) is 0.424. The van der Waals surface area contributed by atoms with Crippen molar-refractivity contribution in [1.82, 2.24) is 5.43 Å². The molecule has 0 aliphatic carbocycles. The van der Waals surface area contributed by atoms with Crippen molar-refractivity contribution in [1.29, 1.82) is 0 Å². The predicted octanol–water partition coefficient (Wildman–Crippen LogP) is 1.77. The van der Waals surface area contributed by atoms with Crippen molar-refractivity contribution < 1.29 is 34.8 Å². The van der Waals surface area contributed by atoms with E-state index < -0.39 is 46.3 Å². The molecule has 0 amide bonds. The monoisotopic (exact) mass is 330 g/mol. The SMILES string of the molecule is CCS(=O)(=O)CCCC(NN)C(C(F)(F)F)C(F)(F)F. The first-order chi connectivity index (χ1) is 8.85. The first-order valence-corrected chi connectivity index (χ1v) is 7.47. The fourth-order valence-corrected chi connectivity index (χ4v) is 2.55. The fourth-order valence-electron chi connectivity index (χ4n) is 1.66. The van der Waals surface area contributed by atoms with Crippen molar-refractivity contribution in [3.63, 3.8) is 0 Å². The molecule has 4 nitrogen and oxygen atoms in total. The molecule has 3 N–H and O–H groups in total. The van der Waals surface area contributed by atoms with E-state index >= 15 is 0 Å². The molecule has 0 aromatic carbocycles. The van der Waals surface area contributed by atoms with E-state index in [1.54, 1.807) is 0 Å². The summed E-state index contributed by atoms with van der Waals surface area (Å²) in [5, 5.41) is 0. The highest BCUT2D eigenvalue weighted by Crippen LogP contribution is 2.42. The van der Waals surface area contributed by atoms with Gasteiger partial charge in [0.1, 0.15) is 9.84 Å². The summed E-state index contributed by atoms with van der Waals surface area (Å²) in [7, 11) is -3.45. The molecule has 0 aromatic rings. The number of hydrogen-bond acceptors (Lipinski definition) is 4. The lowest BCUT2D eigenvalue weighted by atomic mass is 9.95. The van der Waals surface area contributed by atoms with Crippen LogP contribution in [0.2, 0.25) is 0 Å². The Kier molecular flexibility index (Phi) is 6.75. The zero-order valence-electron chi connectivity index (χ0n) is 10.6. The third-order valence-electron chi connectivity index (χ3n) is 2.73. The normalized spacial score (nSPS) is 15.7. The van der Waals surface area contributed by atoms with Gasteiger partial charge in [-0.25, -0.2) is 8.42 Å². The second-order valence-corrected chi connectivity index (χ2v) is 6.69. The van der Waals surface area contributed by atoms with E-state index in [0.717, 1.165) is 0 Å². The number of halogens is 6. The highest BCUT2D eigenvalue weighted by Gasteiger charge is 2.59. The maximum Gasteiger partial charge on any atom is 0.402 e. The molecule has 0 spiro atoms. The summed E-state index contributed by atoms with van der Waals surface area (Å²) >= 11 is 0. The largest absolute Gasteiger partial charge is 0.402 e. The summed E-state index contributed by atoms with van der Waals surface area (Å²) < 4.78 is 97.0. The summed E-state index contributed by atoms with van der Waals surface area (Å²) in [4.78, 5) is 0. The average molecular weight is 330 g/mol. The third-order valence-corrected chi connectivity index (χ3v) is 4.52. The Bertz CT molecular complexity index is 378. The summed E-state index contributed by atoms with van der Waals surface area (Å²) in [6.45, 7) is 1.34. The van der Waals surface area contributed by atoms with Gasteiger partial charge in [-0.1, -0.05) is 6.92 Å². The van der Waals surface area contributed by atoms with E-state index in [1.807, 2.05) is 0 Å². The van der Waals surface area contributed by atoms with Crippen LogP contribution in [0.15, 0.2) is 0 Å². The third kappa shape index (κ3) is 6.27. The molecular weight excluding hydrogens is 314 g/mol. The number of nitrogens with one attached hydrogen (secondary N) is 1. The lowest BCUT2D eigenvalue weighted by Crippen LogP contribution is -2.53. The van der Waals surface area contributed by atoms with Crippen LogP contribution in [0.25, 0.3) is 0 Å². The maximum absolute atomic E-state index is 12.4. The summed E-state index contributed by atoms with van der Waals surface area (Å²) in [6, 6.07) is -2.12. The molecule has 122 valence electrons. The molecule has 0 rings (SSSR count). The van der Waals surface area contributed by atoms with E-state index in [2.05, 4.69) is 0 Å². The van der Waals surface area contributed by atoms with Crippen LogP contribution in [0, 0.1) is 5.92 Å². The number of sulfone groups is 1. The van der Waals surface area contributed by atoms with Crippen molar-refractivity contribution in [2.75, 3.05) is 11.5 Å². The summed E-state index contributed by atoms with van der Waals surface area (Å²) in [5.74, 6) is 0.407. The van der Waals surface area contributed by atoms with Crippen LogP contribution in [0.5, 0.6) is 0 Å². The molecule has 0 aliphatic rings. The topological polar surface area (TPSA) is 72.2 Å². The van der Waals surface area contributed by atoms with Crippen LogP contribution in [-0.2, 0) is 9.84 Å². The van der Waals surface area contributed by atoms with Crippen molar-refractivity contribution in [2.45, 2.75) is 38.2 Å². The number of nitrogens with two attached hydrogens (primary N) is 1. The van der Waals surface area contributed by atoms with Crippen LogP contribution in [0.4, 0.5) is 26.3 Å². The van der Waals surface area contributed by atoms with Crippen molar-refractivity contribution in [3.05, 3.63) is 0 Å².